The summed E-state index contributed by atoms with van der Waals surface area (Å²) in [5.41, 5.74) is 2.64. The first-order chi connectivity index (χ1) is 9.54. The number of halogens is 1. The summed E-state index contributed by atoms with van der Waals surface area (Å²) in [7, 11) is 0. The van der Waals surface area contributed by atoms with Crippen LogP contribution in [0.2, 0.25) is 5.02 Å². The van der Waals surface area contributed by atoms with Crippen molar-refractivity contribution in [2.75, 3.05) is 0 Å². The monoisotopic (exact) mass is 306 g/mol. The predicted molar refractivity (Wildman–Crippen MR) is 79.6 cm³/mol. The van der Waals surface area contributed by atoms with Gasteiger partial charge in [-0.25, -0.2) is 4.98 Å². The molecule has 0 aliphatic heterocycles. The zero-order valence-corrected chi connectivity index (χ0v) is 12.2. The van der Waals surface area contributed by atoms with E-state index in [1.807, 2.05) is 35.6 Å². The molecule has 0 saturated heterocycles. The van der Waals surface area contributed by atoms with Gasteiger partial charge in [-0.05, 0) is 24.6 Å². The highest BCUT2D eigenvalue weighted by molar-refractivity contribution is 7.17. The number of carboxylic acid groups (broad SMARTS) is 1. The number of thiazole rings is 1. The van der Waals surface area contributed by atoms with Crippen molar-refractivity contribution in [3.05, 3.63) is 46.1 Å². The quantitative estimate of drug-likeness (QED) is 0.803. The van der Waals surface area contributed by atoms with Gasteiger partial charge < -0.3 is 5.11 Å². The summed E-state index contributed by atoms with van der Waals surface area (Å²) in [6.07, 6.45) is 1.73. The lowest BCUT2D eigenvalue weighted by molar-refractivity contribution is -0.136. The molecule has 0 aliphatic carbocycles. The Hall–Kier alpha value is -1.85. The summed E-state index contributed by atoms with van der Waals surface area (Å²) in [4.78, 5) is 17.1. The maximum absolute atomic E-state index is 10.8. The molecular weight excluding hydrogens is 296 g/mol. The molecule has 0 spiro atoms. The summed E-state index contributed by atoms with van der Waals surface area (Å²) in [5, 5.41) is 9.53. The minimum absolute atomic E-state index is 0.0620. The fourth-order valence-electron chi connectivity index (χ4n) is 2.19. The van der Waals surface area contributed by atoms with E-state index in [1.165, 1.54) is 0 Å². The number of fused-ring (bicyclic) bond motifs is 1. The summed E-state index contributed by atoms with van der Waals surface area (Å²) >= 11 is 7.46. The van der Waals surface area contributed by atoms with Crippen LogP contribution >= 0.6 is 22.9 Å². The van der Waals surface area contributed by atoms with Gasteiger partial charge in [-0.3, -0.25) is 9.20 Å². The van der Waals surface area contributed by atoms with Gasteiger partial charge >= 0.3 is 5.97 Å². The van der Waals surface area contributed by atoms with Gasteiger partial charge in [0.2, 0.25) is 0 Å². The number of rotatable bonds is 3. The lowest BCUT2D eigenvalue weighted by atomic mass is 10.1. The first-order valence-corrected chi connectivity index (χ1v) is 7.19. The predicted octanol–water partition coefficient (Wildman–Crippen LogP) is 3.65. The van der Waals surface area contributed by atoms with Crippen LogP contribution in [0.3, 0.4) is 0 Å². The normalized spacial score (nSPS) is 11.1. The van der Waals surface area contributed by atoms with Crippen LogP contribution in [0.4, 0.5) is 0 Å². The van der Waals surface area contributed by atoms with Gasteiger partial charge in [0.05, 0.1) is 17.8 Å². The molecular formula is C14H11ClN2O2S. The summed E-state index contributed by atoms with van der Waals surface area (Å²) < 4.78 is 1.95. The van der Waals surface area contributed by atoms with E-state index in [4.69, 9.17) is 16.7 Å². The van der Waals surface area contributed by atoms with Crippen molar-refractivity contribution in [3.8, 4) is 11.3 Å². The zero-order valence-electron chi connectivity index (χ0n) is 10.6. The fraction of sp³-hybridized carbons (Fsp3) is 0.143. The molecule has 0 saturated carbocycles. The molecule has 102 valence electrons. The van der Waals surface area contributed by atoms with E-state index in [1.54, 1.807) is 17.5 Å². The van der Waals surface area contributed by atoms with E-state index in [-0.39, 0.29) is 6.42 Å². The molecule has 1 N–H and O–H groups in total. The smallest absolute Gasteiger partial charge is 0.309 e. The minimum Gasteiger partial charge on any atom is -0.481 e. The van der Waals surface area contributed by atoms with E-state index >= 15 is 0 Å². The van der Waals surface area contributed by atoms with Crippen LogP contribution in [0.15, 0.2) is 30.5 Å². The number of hydrogen-bond donors (Lipinski definition) is 1. The topological polar surface area (TPSA) is 54.6 Å². The number of hydrogen-bond acceptors (Lipinski definition) is 3. The Morgan fingerprint density at radius 3 is 2.75 bits per heavy atom. The molecule has 0 bridgehead atoms. The van der Waals surface area contributed by atoms with E-state index in [2.05, 4.69) is 4.98 Å². The molecule has 0 fully saturated rings. The molecule has 6 heteroatoms. The van der Waals surface area contributed by atoms with Crippen LogP contribution in [-0.4, -0.2) is 20.5 Å². The first-order valence-electron chi connectivity index (χ1n) is 5.99. The Morgan fingerprint density at radius 1 is 1.40 bits per heavy atom. The number of aliphatic carboxylic acids is 1. The molecule has 4 nitrogen and oxygen atoms in total. The molecule has 3 aromatic rings. The van der Waals surface area contributed by atoms with E-state index in [0.29, 0.717) is 10.7 Å². The Bertz CT molecular complexity index is 789. The number of aryl methyl sites for hydroxylation is 1. The van der Waals surface area contributed by atoms with Crippen LogP contribution in [0, 0.1) is 6.92 Å². The summed E-state index contributed by atoms with van der Waals surface area (Å²) in [6.45, 7) is 2.03. The van der Waals surface area contributed by atoms with E-state index < -0.39 is 5.97 Å². The highest BCUT2D eigenvalue weighted by atomic mass is 35.5. The summed E-state index contributed by atoms with van der Waals surface area (Å²) in [5.74, 6) is -0.875. The highest BCUT2D eigenvalue weighted by Gasteiger charge is 2.15. The lowest BCUT2D eigenvalue weighted by Crippen LogP contribution is -1.99. The molecule has 2 aromatic heterocycles. The molecule has 0 atom stereocenters. The van der Waals surface area contributed by atoms with Gasteiger partial charge in [-0.1, -0.05) is 23.7 Å². The van der Waals surface area contributed by atoms with Crippen molar-refractivity contribution >= 4 is 33.9 Å². The number of carbonyl (C=O) groups is 1. The van der Waals surface area contributed by atoms with Crippen molar-refractivity contribution in [1.29, 1.82) is 0 Å². The molecule has 2 heterocycles. The molecule has 1 aromatic carbocycles. The molecule has 0 unspecified atom stereocenters. The highest BCUT2D eigenvalue weighted by Crippen LogP contribution is 2.32. The third-order valence-corrected chi connectivity index (χ3v) is 4.21. The standard InChI is InChI=1S/C14H11ClN2O2S/c1-8-13(9-2-4-10(15)5-3-9)17-7-11(6-12(18)19)16-14(17)20-8/h2-5,7H,6H2,1H3,(H,18,19). The Kier molecular flexibility index (Phi) is 3.23. The van der Waals surface area contributed by atoms with Gasteiger partial charge in [-0.15, -0.1) is 11.3 Å². The SMILES string of the molecule is Cc1sc2nc(CC(=O)O)cn2c1-c1ccc(Cl)cc1. The number of benzene rings is 1. The van der Waals surface area contributed by atoms with Crippen LogP contribution in [0.1, 0.15) is 10.6 Å². The number of carboxylic acids is 1. The van der Waals surface area contributed by atoms with Crippen molar-refractivity contribution in [2.45, 2.75) is 13.3 Å². The first kappa shape index (κ1) is 13.1. The maximum atomic E-state index is 10.8. The fourth-order valence-corrected chi connectivity index (χ4v) is 3.31. The Labute approximate surface area is 124 Å². The zero-order chi connectivity index (χ0) is 14.3. The molecule has 3 rings (SSSR count). The van der Waals surface area contributed by atoms with Crippen LogP contribution in [0.25, 0.3) is 16.2 Å². The third kappa shape index (κ3) is 2.30. The number of aromatic nitrogens is 2. The maximum Gasteiger partial charge on any atom is 0.309 e. The Morgan fingerprint density at radius 2 is 2.10 bits per heavy atom. The average molecular weight is 307 g/mol. The van der Waals surface area contributed by atoms with Gasteiger partial charge in [0.15, 0.2) is 4.96 Å². The second-order valence-electron chi connectivity index (χ2n) is 4.47. The van der Waals surface area contributed by atoms with Gasteiger partial charge in [0.1, 0.15) is 0 Å². The van der Waals surface area contributed by atoms with Gasteiger partial charge in [-0.2, -0.15) is 0 Å². The van der Waals surface area contributed by atoms with Crippen LogP contribution in [-0.2, 0) is 11.2 Å². The van der Waals surface area contributed by atoms with E-state index in [9.17, 15) is 4.79 Å². The number of nitrogens with zero attached hydrogens (tertiary/aromatic N) is 2. The third-order valence-electron chi connectivity index (χ3n) is 2.99. The molecule has 0 amide bonds. The van der Waals surface area contributed by atoms with Crippen molar-refractivity contribution in [3.63, 3.8) is 0 Å². The van der Waals surface area contributed by atoms with Gasteiger partial charge in [0.25, 0.3) is 0 Å². The second kappa shape index (κ2) is 4.92. The Balaban J connectivity index is 2.13. The lowest BCUT2D eigenvalue weighted by Gasteiger charge is -2.02. The van der Waals surface area contributed by atoms with Crippen molar-refractivity contribution < 1.29 is 9.90 Å². The molecule has 0 aliphatic rings. The van der Waals surface area contributed by atoms with Gasteiger partial charge in [0, 0.05) is 16.1 Å². The second-order valence-corrected chi connectivity index (χ2v) is 6.09. The van der Waals surface area contributed by atoms with E-state index in [0.717, 1.165) is 21.1 Å². The van der Waals surface area contributed by atoms with Crippen molar-refractivity contribution in [2.24, 2.45) is 0 Å². The minimum atomic E-state index is -0.875. The van der Waals surface area contributed by atoms with Crippen LogP contribution in [0.5, 0.6) is 0 Å². The molecule has 0 radical (unpaired) electrons. The summed E-state index contributed by atoms with van der Waals surface area (Å²) in [6, 6.07) is 7.59. The average Bonchev–Trinajstić information content (AvgIpc) is 2.86. The van der Waals surface area contributed by atoms with Crippen molar-refractivity contribution in [1.82, 2.24) is 9.38 Å². The molecule has 20 heavy (non-hydrogen) atoms. The number of imidazole rings is 1. The van der Waals surface area contributed by atoms with Crippen LogP contribution < -0.4 is 0 Å². The largest absolute Gasteiger partial charge is 0.481 e.